The van der Waals surface area contributed by atoms with Crippen LogP contribution in [0.25, 0.3) is 0 Å². The Morgan fingerprint density at radius 2 is 1.87 bits per heavy atom. The molecule has 31 heavy (non-hydrogen) atoms. The van der Waals surface area contributed by atoms with Gasteiger partial charge in [0.15, 0.2) is 0 Å². The Labute approximate surface area is 189 Å². The van der Waals surface area contributed by atoms with Crippen LogP contribution in [0.1, 0.15) is 64.7 Å². The Morgan fingerprint density at radius 1 is 1.16 bits per heavy atom. The Morgan fingerprint density at radius 3 is 2.58 bits per heavy atom. The highest BCUT2D eigenvalue weighted by Gasteiger charge is 2.35. The maximum Gasteiger partial charge on any atom is 0.322 e. The minimum Gasteiger partial charge on any atom is -0.466 e. The highest BCUT2D eigenvalue weighted by atomic mass is 35.5. The van der Waals surface area contributed by atoms with E-state index in [2.05, 4.69) is 17.6 Å². The second kappa shape index (κ2) is 13.9. The highest BCUT2D eigenvalue weighted by Crippen LogP contribution is 2.17. The highest BCUT2D eigenvalue weighted by molar-refractivity contribution is 6.30. The lowest BCUT2D eigenvalue weighted by Gasteiger charge is -2.34. The summed E-state index contributed by atoms with van der Waals surface area (Å²) in [6.45, 7) is 3.20. The minimum absolute atomic E-state index is 0.161. The SMILES string of the molecule is CCCCCCCCCCOC(=O)CC1C(=O)NCCN1C(=O)Nc1cccc(Cl)c1. The molecular formula is C23H34ClN3O4. The molecule has 1 heterocycles. The Kier molecular flexibility index (Phi) is 11.2. The number of hydrogen-bond acceptors (Lipinski definition) is 4. The lowest BCUT2D eigenvalue weighted by atomic mass is 10.1. The summed E-state index contributed by atoms with van der Waals surface area (Å²) in [5, 5.41) is 5.94. The maximum absolute atomic E-state index is 12.7. The number of piperazine rings is 1. The third-order valence-corrected chi connectivity index (χ3v) is 5.52. The summed E-state index contributed by atoms with van der Waals surface area (Å²) < 4.78 is 5.31. The third kappa shape index (κ3) is 9.17. The predicted molar refractivity (Wildman–Crippen MR) is 122 cm³/mol. The molecule has 1 unspecified atom stereocenters. The summed E-state index contributed by atoms with van der Waals surface area (Å²) in [7, 11) is 0. The van der Waals surface area contributed by atoms with Crippen LogP contribution in [0.3, 0.4) is 0 Å². The van der Waals surface area contributed by atoms with Crippen LogP contribution in [0.15, 0.2) is 24.3 Å². The summed E-state index contributed by atoms with van der Waals surface area (Å²) in [5.74, 6) is -0.818. The molecule has 1 aliphatic rings. The lowest BCUT2D eigenvalue weighted by Crippen LogP contribution is -2.58. The van der Waals surface area contributed by atoms with E-state index in [1.807, 2.05) is 0 Å². The second-order valence-electron chi connectivity index (χ2n) is 7.84. The van der Waals surface area contributed by atoms with Gasteiger partial charge >= 0.3 is 12.0 Å². The van der Waals surface area contributed by atoms with Gasteiger partial charge in [0.05, 0.1) is 13.0 Å². The molecule has 8 heteroatoms. The van der Waals surface area contributed by atoms with Crippen molar-refractivity contribution in [2.24, 2.45) is 0 Å². The fourth-order valence-electron chi connectivity index (χ4n) is 3.56. The summed E-state index contributed by atoms with van der Waals surface area (Å²) in [6, 6.07) is 5.42. The van der Waals surface area contributed by atoms with E-state index >= 15 is 0 Å². The van der Waals surface area contributed by atoms with Crippen molar-refractivity contribution in [3.8, 4) is 0 Å². The van der Waals surface area contributed by atoms with E-state index in [9.17, 15) is 14.4 Å². The van der Waals surface area contributed by atoms with E-state index in [-0.39, 0.29) is 12.3 Å². The van der Waals surface area contributed by atoms with E-state index < -0.39 is 18.0 Å². The van der Waals surface area contributed by atoms with Crippen LogP contribution in [0.4, 0.5) is 10.5 Å². The molecule has 172 valence electrons. The van der Waals surface area contributed by atoms with Gasteiger partial charge in [0.1, 0.15) is 6.04 Å². The number of nitrogens with zero attached hydrogens (tertiary/aromatic N) is 1. The largest absolute Gasteiger partial charge is 0.466 e. The van der Waals surface area contributed by atoms with Gasteiger partial charge in [-0.25, -0.2) is 4.79 Å². The Balaban J connectivity index is 1.74. The zero-order valence-electron chi connectivity index (χ0n) is 18.3. The molecule has 1 atom stereocenters. The lowest BCUT2D eigenvalue weighted by molar-refractivity contribution is -0.147. The topological polar surface area (TPSA) is 87.7 Å². The molecule has 0 aliphatic carbocycles. The van der Waals surface area contributed by atoms with Gasteiger partial charge in [0.2, 0.25) is 5.91 Å². The quantitative estimate of drug-likeness (QED) is 0.354. The molecule has 0 aromatic heterocycles. The predicted octanol–water partition coefficient (Wildman–Crippen LogP) is 4.75. The van der Waals surface area contributed by atoms with Crippen molar-refractivity contribution >= 4 is 35.2 Å². The molecule has 3 amide bonds. The Bertz CT molecular complexity index is 729. The number of benzene rings is 1. The van der Waals surface area contributed by atoms with Crippen LogP contribution in [-0.2, 0) is 14.3 Å². The van der Waals surface area contributed by atoms with Crippen LogP contribution >= 0.6 is 11.6 Å². The summed E-state index contributed by atoms with van der Waals surface area (Å²) in [6.07, 6.45) is 9.12. The van der Waals surface area contributed by atoms with E-state index in [0.717, 1.165) is 19.3 Å². The van der Waals surface area contributed by atoms with E-state index in [1.54, 1.807) is 24.3 Å². The van der Waals surface area contributed by atoms with Crippen molar-refractivity contribution < 1.29 is 19.1 Å². The summed E-state index contributed by atoms with van der Waals surface area (Å²) >= 11 is 5.95. The van der Waals surface area contributed by atoms with E-state index in [0.29, 0.717) is 30.4 Å². The standard InChI is InChI=1S/C23H34ClN3O4/c1-2-3-4-5-6-7-8-9-15-31-21(28)17-20-22(29)25-13-14-27(20)23(30)26-19-12-10-11-18(24)16-19/h10-12,16,20H,2-9,13-15,17H2,1H3,(H,25,29)(H,26,30). The number of esters is 1. The van der Waals surface area contributed by atoms with Crippen LogP contribution < -0.4 is 10.6 Å². The normalized spacial score (nSPS) is 16.0. The van der Waals surface area contributed by atoms with Gasteiger partial charge in [-0.2, -0.15) is 0 Å². The molecule has 0 radical (unpaired) electrons. The van der Waals surface area contributed by atoms with Gasteiger partial charge in [0.25, 0.3) is 0 Å². The van der Waals surface area contributed by atoms with Crippen LogP contribution in [-0.4, -0.2) is 48.5 Å². The first-order valence-corrected chi connectivity index (χ1v) is 11.7. The maximum atomic E-state index is 12.7. The van der Waals surface area contributed by atoms with E-state index in [1.165, 1.54) is 37.0 Å². The number of rotatable bonds is 12. The molecule has 1 aromatic carbocycles. The molecule has 0 saturated carbocycles. The number of amides is 3. The molecule has 1 aromatic rings. The Hall–Kier alpha value is -2.28. The number of hydrogen-bond donors (Lipinski definition) is 2. The van der Waals surface area contributed by atoms with Gasteiger partial charge in [-0.15, -0.1) is 0 Å². The summed E-state index contributed by atoms with van der Waals surface area (Å²) in [5.41, 5.74) is 0.527. The van der Waals surface area contributed by atoms with Crippen LogP contribution in [0.2, 0.25) is 5.02 Å². The van der Waals surface area contributed by atoms with Crippen molar-refractivity contribution in [1.82, 2.24) is 10.2 Å². The molecule has 2 N–H and O–H groups in total. The molecule has 7 nitrogen and oxygen atoms in total. The van der Waals surface area contributed by atoms with Crippen molar-refractivity contribution in [2.75, 3.05) is 25.0 Å². The third-order valence-electron chi connectivity index (χ3n) is 5.29. The zero-order chi connectivity index (χ0) is 22.5. The van der Waals surface area contributed by atoms with Gasteiger partial charge in [-0.05, 0) is 24.6 Å². The van der Waals surface area contributed by atoms with Crippen molar-refractivity contribution in [3.63, 3.8) is 0 Å². The average Bonchev–Trinajstić information content (AvgIpc) is 2.74. The molecule has 0 spiro atoms. The van der Waals surface area contributed by atoms with Crippen LogP contribution in [0, 0.1) is 0 Å². The number of halogens is 1. The number of unbranched alkanes of at least 4 members (excludes halogenated alkanes) is 7. The van der Waals surface area contributed by atoms with Gasteiger partial charge in [-0.1, -0.05) is 69.5 Å². The fraction of sp³-hybridized carbons (Fsp3) is 0.609. The van der Waals surface area contributed by atoms with Gasteiger partial charge in [-0.3, -0.25) is 9.59 Å². The minimum atomic E-state index is -0.890. The van der Waals surface area contributed by atoms with Crippen molar-refractivity contribution in [3.05, 3.63) is 29.3 Å². The second-order valence-corrected chi connectivity index (χ2v) is 8.28. The first kappa shape index (κ1) is 25.0. The first-order chi connectivity index (χ1) is 15.0. The zero-order valence-corrected chi connectivity index (χ0v) is 19.1. The first-order valence-electron chi connectivity index (χ1n) is 11.3. The number of carbonyl (C=O) groups excluding carboxylic acids is 3. The molecule has 1 aliphatic heterocycles. The van der Waals surface area contributed by atoms with Crippen LogP contribution in [0.5, 0.6) is 0 Å². The number of urea groups is 1. The van der Waals surface area contributed by atoms with Gasteiger partial charge < -0.3 is 20.3 Å². The molecule has 2 rings (SSSR count). The monoisotopic (exact) mass is 451 g/mol. The number of nitrogens with one attached hydrogen (secondary N) is 2. The molecule has 1 fully saturated rings. The molecule has 0 bridgehead atoms. The average molecular weight is 452 g/mol. The molecular weight excluding hydrogens is 418 g/mol. The van der Waals surface area contributed by atoms with Gasteiger partial charge in [0, 0.05) is 23.8 Å². The molecule has 1 saturated heterocycles. The fourth-order valence-corrected chi connectivity index (χ4v) is 3.75. The van der Waals surface area contributed by atoms with Crippen molar-refractivity contribution in [1.29, 1.82) is 0 Å². The number of anilines is 1. The summed E-state index contributed by atoms with van der Waals surface area (Å²) in [4.78, 5) is 38.6. The number of carbonyl (C=O) groups is 3. The van der Waals surface area contributed by atoms with E-state index in [4.69, 9.17) is 16.3 Å². The number of ether oxygens (including phenoxy) is 1. The van der Waals surface area contributed by atoms with Crippen molar-refractivity contribution in [2.45, 2.75) is 70.8 Å². The smallest absolute Gasteiger partial charge is 0.322 e.